The number of nitrogens with zero attached hydrogens (tertiary/aromatic N) is 2. The number of thioether (sulfide) groups is 1. The van der Waals surface area contributed by atoms with Crippen LogP contribution in [0.15, 0.2) is 52.1 Å². The molecule has 2 aromatic carbocycles. The summed E-state index contributed by atoms with van der Waals surface area (Å²) in [6, 6.07) is 13.0. The van der Waals surface area contributed by atoms with Crippen LogP contribution in [-0.2, 0) is 11.4 Å². The Labute approximate surface area is 167 Å². The van der Waals surface area contributed by atoms with E-state index in [9.17, 15) is 4.79 Å². The molecule has 1 heterocycles. The molecule has 28 heavy (non-hydrogen) atoms. The first-order chi connectivity index (χ1) is 13.5. The van der Waals surface area contributed by atoms with Crippen LogP contribution in [-0.4, -0.2) is 29.0 Å². The van der Waals surface area contributed by atoms with E-state index in [4.69, 9.17) is 13.9 Å². The van der Waals surface area contributed by atoms with Gasteiger partial charge >= 0.3 is 0 Å². The van der Waals surface area contributed by atoms with Gasteiger partial charge in [0.05, 0.1) is 12.9 Å². The van der Waals surface area contributed by atoms with Crippen molar-refractivity contribution < 1.29 is 18.7 Å². The van der Waals surface area contributed by atoms with E-state index in [1.54, 1.807) is 31.4 Å². The summed E-state index contributed by atoms with van der Waals surface area (Å²) in [4.78, 5) is 12.0. The molecule has 0 bridgehead atoms. The molecule has 0 unspecified atom stereocenters. The number of hydrogen-bond donors (Lipinski definition) is 1. The molecule has 3 aromatic rings. The summed E-state index contributed by atoms with van der Waals surface area (Å²) in [6.07, 6.45) is 0. The molecular formula is C20H21N3O4S. The summed E-state index contributed by atoms with van der Waals surface area (Å²) >= 11 is 1.17. The third kappa shape index (κ3) is 5.50. The second-order valence-electron chi connectivity index (χ2n) is 6.06. The van der Waals surface area contributed by atoms with E-state index in [-0.39, 0.29) is 18.3 Å². The quantitative estimate of drug-likeness (QED) is 0.573. The van der Waals surface area contributed by atoms with E-state index in [2.05, 4.69) is 15.5 Å². The topological polar surface area (TPSA) is 86.5 Å². The van der Waals surface area contributed by atoms with Crippen molar-refractivity contribution in [1.29, 1.82) is 0 Å². The van der Waals surface area contributed by atoms with Gasteiger partial charge in [-0.25, -0.2) is 0 Å². The Morgan fingerprint density at radius 1 is 1.07 bits per heavy atom. The minimum atomic E-state index is -0.165. The van der Waals surface area contributed by atoms with Crippen LogP contribution in [0.5, 0.6) is 11.5 Å². The minimum Gasteiger partial charge on any atom is -0.497 e. The third-order valence-corrected chi connectivity index (χ3v) is 4.81. The summed E-state index contributed by atoms with van der Waals surface area (Å²) in [5, 5.41) is 11.0. The number of nitrogens with one attached hydrogen (secondary N) is 1. The predicted octanol–water partition coefficient (Wildman–Crippen LogP) is 4.00. The molecule has 1 amide bonds. The van der Waals surface area contributed by atoms with Crippen LogP contribution >= 0.6 is 11.8 Å². The zero-order valence-corrected chi connectivity index (χ0v) is 16.7. The van der Waals surface area contributed by atoms with Crippen molar-refractivity contribution in [3.8, 4) is 11.5 Å². The van der Waals surface area contributed by atoms with Crippen LogP contribution in [0.2, 0.25) is 0 Å². The average molecular weight is 399 g/mol. The lowest BCUT2D eigenvalue weighted by Crippen LogP contribution is -2.13. The zero-order chi connectivity index (χ0) is 19.9. The van der Waals surface area contributed by atoms with Crippen LogP contribution < -0.4 is 14.8 Å². The Hall–Kier alpha value is -3.00. The highest BCUT2D eigenvalue weighted by atomic mass is 32.2. The number of carbonyl (C=O) groups excluding carboxylic acids is 1. The summed E-state index contributed by atoms with van der Waals surface area (Å²) in [5.41, 5.74) is 3.05. The fourth-order valence-electron chi connectivity index (χ4n) is 2.30. The first kappa shape index (κ1) is 19.8. The normalized spacial score (nSPS) is 10.5. The monoisotopic (exact) mass is 399 g/mol. The molecule has 0 radical (unpaired) electrons. The molecule has 0 saturated carbocycles. The van der Waals surface area contributed by atoms with Gasteiger partial charge in [0.1, 0.15) is 11.5 Å². The second kappa shape index (κ2) is 9.27. The minimum absolute atomic E-state index is 0.158. The molecule has 8 heteroatoms. The van der Waals surface area contributed by atoms with Gasteiger partial charge < -0.3 is 19.2 Å². The number of rotatable bonds is 8. The van der Waals surface area contributed by atoms with E-state index in [1.165, 1.54) is 17.3 Å². The predicted molar refractivity (Wildman–Crippen MR) is 107 cm³/mol. The van der Waals surface area contributed by atoms with Crippen molar-refractivity contribution in [3.05, 3.63) is 59.5 Å². The Kier molecular flexibility index (Phi) is 6.54. The number of aromatic nitrogens is 2. The Morgan fingerprint density at radius 2 is 1.82 bits per heavy atom. The van der Waals surface area contributed by atoms with E-state index < -0.39 is 0 Å². The Morgan fingerprint density at radius 3 is 2.54 bits per heavy atom. The third-order valence-electron chi connectivity index (χ3n) is 3.99. The molecule has 7 nitrogen and oxygen atoms in total. The standard InChI is InChI=1S/C20H21N3O4S/c1-13-4-7-17(10-14(13)2)26-11-19-22-23-20(27-19)28-12-18(24)21-15-5-8-16(25-3)9-6-15/h4-10H,11-12H2,1-3H3,(H,21,24). The summed E-state index contributed by atoms with van der Waals surface area (Å²) in [7, 11) is 1.59. The number of methoxy groups -OCH3 is 1. The van der Waals surface area contributed by atoms with Gasteiger partial charge in [-0.1, -0.05) is 17.8 Å². The smallest absolute Gasteiger partial charge is 0.277 e. The number of amides is 1. The van der Waals surface area contributed by atoms with Crippen molar-refractivity contribution in [1.82, 2.24) is 10.2 Å². The van der Waals surface area contributed by atoms with Crippen molar-refractivity contribution in [2.45, 2.75) is 25.7 Å². The lowest BCUT2D eigenvalue weighted by molar-refractivity contribution is -0.113. The van der Waals surface area contributed by atoms with E-state index in [0.29, 0.717) is 16.8 Å². The molecule has 0 fully saturated rings. The van der Waals surface area contributed by atoms with Crippen LogP contribution in [0.1, 0.15) is 17.0 Å². The van der Waals surface area contributed by atoms with Crippen molar-refractivity contribution in [3.63, 3.8) is 0 Å². The second-order valence-corrected chi connectivity index (χ2v) is 6.99. The lowest BCUT2D eigenvalue weighted by atomic mass is 10.1. The Balaban J connectivity index is 1.45. The first-order valence-electron chi connectivity index (χ1n) is 8.62. The fraction of sp³-hybridized carbons (Fsp3) is 0.250. The SMILES string of the molecule is COc1ccc(NC(=O)CSc2nnc(COc3ccc(C)c(C)c3)o2)cc1. The van der Waals surface area contributed by atoms with Gasteiger partial charge in [-0.15, -0.1) is 10.2 Å². The molecule has 3 rings (SSSR count). The first-order valence-corrected chi connectivity index (χ1v) is 9.61. The number of benzene rings is 2. The molecule has 0 spiro atoms. The van der Waals surface area contributed by atoms with E-state index in [1.807, 2.05) is 32.0 Å². The molecule has 0 aliphatic rings. The number of anilines is 1. The maximum absolute atomic E-state index is 12.0. The zero-order valence-electron chi connectivity index (χ0n) is 15.9. The molecular weight excluding hydrogens is 378 g/mol. The molecule has 1 N–H and O–H groups in total. The number of carbonyl (C=O) groups is 1. The maximum atomic E-state index is 12.0. The number of aryl methyl sites for hydroxylation is 2. The van der Waals surface area contributed by atoms with E-state index >= 15 is 0 Å². The summed E-state index contributed by atoms with van der Waals surface area (Å²) in [6.45, 7) is 4.25. The van der Waals surface area contributed by atoms with Crippen molar-refractivity contribution >= 4 is 23.4 Å². The molecule has 146 valence electrons. The maximum Gasteiger partial charge on any atom is 0.277 e. The van der Waals surface area contributed by atoms with Crippen LogP contribution in [0.4, 0.5) is 5.69 Å². The van der Waals surface area contributed by atoms with Crippen LogP contribution in [0, 0.1) is 13.8 Å². The van der Waals surface area contributed by atoms with Gasteiger partial charge in [0, 0.05) is 5.69 Å². The largest absolute Gasteiger partial charge is 0.497 e. The summed E-state index contributed by atoms with van der Waals surface area (Å²) in [5.74, 6) is 1.83. The fourth-order valence-corrected chi connectivity index (χ4v) is 2.88. The van der Waals surface area contributed by atoms with Gasteiger partial charge in [0.15, 0.2) is 6.61 Å². The van der Waals surface area contributed by atoms with Crippen LogP contribution in [0.25, 0.3) is 0 Å². The van der Waals surface area contributed by atoms with Gasteiger partial charge in [-0.05, 0) is 61.4 Å². The molecule has 0 aliphatic heterocycles. The number of hydrogen-bond acceptors (Lipinski definition) is 7. The average Bonchev–Trinajstić information content (AvgIpc) is 3.16. The molecule has 1 aromatic heterocycles. The molecule has 0 saturated heterocycles. The van der Waals surface area contributed by atoms with Gasteiger partial charge in [0.2, 0.25) is 5.91 Å². The van der Waals surface area contributed by atoms with Gasteiger partial charge in [0.25, 0.3) is 11.1 Å². The molecule has 0 atom stereocenters. The van der Waals surface area contributed by atoms with Gasteiger partial charge in [-0.2, -0.15) is 0 Å². The number of ether oxygens (including phenoxy) is 2. The Bertz CT molecular complexity index is 941. The van der Waals surface area contributed by atoms with Crippen LogP contribution in [0.3, 0.4) is 0 Å². The van der Waals surface area contributed by atoms with Crippen molar-refractivity contribution in [2.75, 3.05) is 18.2 Å². The summed E-state index contributed by atoms with van der Waals surface area (Å²) < 4.78 is 16.3. The molecule has 0 aliphatic carbocycles. The lowest BCUT2D eigenvalue weighted by Gasteiger charge is -2.06. The van der Waals surface area contributed by atoms with E-state index in [0.717, 1.165) is 17.1 Å². The highest BCUT2D eigenvalue weighted by Crippen LogP contribution is 2.20. The van der Waals surface area contributed by atoms with Gasteiger partial charge in [-0.3, -0.25) is 4.79 Å². The highest BCUT2D eigenvalue weighted by Gasteiger charge is 2.11. The highest BCUT2D eigenvalue weighted by molar-refractivity contribution is 7.99. The van der Waals surface area contributed by atoms with Crippen molar-refractivity contribution in [2.24, 2.45) is 0 Å².